The van der Waals surface area contributed by atoms with E-state index in [9.17, 15) is 10.2 Å². The molecule has 0 radical (unpaired) electrons. The molecular weight excluding hydrogens is 204 g/mol. The maximum Gasteiger partial charge on any atom is 0.131 e. The van der Waals surface area contributed by atoms with Crippen LogP contribution in [0.5, 0.6) is 0 Å². The van der Waals surface area contributed by atoms with Crippen LogP contribution in [-0.2, 0) is 0 Å². The lowest BCUT2D eigenvalue weighted by Crippen LogP contribution is -2.18. The Labute approximate surface area is 84.5 Å². The Morgan fingerprint density at radius 2 is 2.43 bits per heavy atom. The summed E-state index contributed by atoms with van der Waals surface area (Å²) in [6, 6.07) is 0. The fraction of sp³-hybridized carbons (Fsp3) is 0.571. The number of rotatable bonds is 5. The molecule has 76 valence electrons. The van der Waals surface area contributed by atoms with Gasteiger partial charge in [0.1, 0.15) is 11.1 Å². The highest BCUT2D eigenvalue weighted by molar-refractivity contribution is 7.09. The summed E-state index contributed by atoms with van der Waals surface area (Å²) >= 11 is 1.27. The van der Waals surface area contributed by atoms with Crippen LogP contribution in [0.4, 0.5) is 0 Å². The smallest absolute Gasteiger partial charge is 0.131 e. The molecule has 1 rings (SSSR count). The van der Waals surface area contributed by atoms with Crippen molar-refractivity contribution in [3.63, 3.8) is 0 Å². The number of azide groups is 1. The van der Waals surface area contributed by atoms with Gasteiger partial charge in [-0.25, -0.2) is 4.98 Å². The van der Waals surface area contributed by atoms with Crippen LogP contribution in [0.2, 0.25) is 0 Å². The standard InChI is InChI=1S/C7H10N4O2S/c8-11-10-2-1-5(12)6(13)7-9-3-4-14-7/h3-6,12-13H,1-2H2. The molecule has 0 aliphatic heterocycles. The molecule has 2 N–H and O–H groups in total. The van der Waals surface area contributed by atoms with Crippen molar-refractivity contribution >= 4 is 11.3 Å². The lowest BCUT2D eigenvalue weighted by Gasteiger charge is -2.13. The summed E-state index contributed by atoms with van der Waals surface area (Å²) in [4.78, 5) is 6.42. The minimum Gasteiger partial charge on any atom is -0.390 e. The van der Waals surface area contributed by atoms with E-state index in [2.05, 4.69) is 15.0 Å². The summed E-state index contributed by atoms with van der Waals surface area (Å²) in [6.45, 7) is 0.167. The third kappa shape index (κ3) is 2.97. The lowest BCUT2D eigenvalue weighted by molar-refractivity contribution is 0.0149. The second-order valence-corrected chi connectivity index (χ2v) is 3.55. The SMILES string of the molecule is [N-]=[N+]=NCCC(O)C(O)c1nccs1. The molecule has 1 aromatic heterocycles. The van der Waals surface area contributed by atoms with Gasteiger partial charge in [0.2, 0.25) is 0 Å². The van der Waals surface area contributed by atoms with Crippen LogP contribution in [0.1, 0.15) is 17.5 Å². The van der Waals surface area contributed by atoms with E-state index >= 15 is 0 Å². The molecular formula is C7H10N4O2S. The van der Waals surface area contributed by atoms with Gasteiger partial charge in [0.05, 0.1) is 6.10 Å². The van der Waals surface area contributed by atoms with E-state index in [0.717, 1.165) is 0 Å². The summed E-state index contributed by atoms with van der Waals surface area (Å²) in [5.41, 5.74) is 8.01. The number of aliphatic hydroxyl groups excluding tert-OH is 2. The van der Waals surface area contributed by atoms with Gasteiger partial charge >= 0.3 is 0 Å². The van der Waals surface area contributed by atoms with Crippen LogP contribution in [-0.4, -0.2) is 27.8 Å². The topological polar surface area (TPSA) is 102 Å². The molecule has 2 unspecified atom stereocenters. The van der Waals surface area contributed by atoms with Crippen molar-refractivity contribution in [2.45, 2.75) is 18.6 Å². The predicted molar refractivity (Wildman–Crippen MR) is 51.7 cm³/mol. The number of aromatic nitrogens is 1. The second-order valence-electron chi connectivity index (χ2n) is 2.63. The van der Waals surface area contributed by atoms with Gasteiger partial charge in [-0.05, 0) is 12.0 Å². The Bertz CT molecular complexity index is 309. The first-order valence-corrected chi connectivity index (χ1v) is 4.90. The van der Waals surface area contributed by atoms with Crippen molar-refractivity contribution in [1.82, 2.24) is 4.98 Å². The Hall–Kier alpha value is -1.14. The minimum absolute atomic E-state index is 0.167. The van der Waals surface area contributed by atoms with Crippen LogP contribution in [0.3, 0.4) is 0 Å². The molecule has 0 fully saturated rings. The molecule has 0 saturated carbocycles. The number of thiazole rings is 1. The lowest BCUT2D eigenvalue weighted by atomic mass is 10.1. The molecule has 0 aliphatic carbocycles. The van der Waals surface area contributed by atoms with E-state index < -0.39 is 12.2 Å². The van der Waals surface area contributed by atoms with Gasteiger partial charge in [0, 0.05) is 23.0 Å². The average Bonchev–Trinajstić information content (AvgIpc) is 2.69. The van der Waals surface area contributed by atoms with Crippen molar-refractivity contribution < 1.29 is 10.2 Å². The maximum atomic E-state index is 9.54. The highest BCUT2D eigenvalue weighted by atomic mass is 32.1. The van der Waals surface area contributed by atoms with E-state index in [1.54, 1.807) is 11.6 Å². The van der Waals surface area contributed by atoms with Crippen LogP contribution in [0.15, 0.2) is 16.7 Å². The molecule has 0 spiro atoms. The van der Waals surface area contributed by atoms with Crippen molar-refractivity contribution in [3.8, 4) is 0 Å². The molecule has 2 atom stereocenters. The zero-order valence-corrected chi connectivity index (χ0v) is 8.13. The van der Waals surface area contributed by atoms with Gasteiger partial charge in [0.25, 0.3) is 0 Å². The highest BCUT2D eigenvalue weighted by Gasteiger charge is 2.19. The molecule has 0 bridgehead atoms. The van der Waals surface area contributed by atoms with Gasteiger partial charge in [-0.3, -0.25) is 0 Å². The molecule has 1 heterocycles. The zero-order chi connectivity index (χ0) is 10.4. The Kier molecular flexibility index (Phi) is 4.34. The van der Waals surface area contributed by atoms with E-state index in [4.69, 9.17) is 5.53 Å². The van der Waals surface area contributed by atoms with Crippen LogP contribution >= 0.6 is 11.3 Å². The third-order valence-corrected chi connectivity index (χ3v) is 2.50. The first-order chi connectivity index (χ1) is 6.75. The van der Waals surface area contributed by atoms with Crippen LogP contribution in [0.25, 0.3) is 10.4 Å². The Balaban J connectivity index is 2.44. The monoisotopic (exact) mass is 214 g/mol. The van der Waals surface area contributed by atoms with Gasteiger partial charge in [-0.2, -0.15) is 0 Å². The summed E-state index contributed by atoms with van der Waals surface area (Å²) in [5, 5.41) is 24.4. The van der Waals surface area contributed by atoms with Gasteiger partial charge in [-0.15, -0.1) is 11.3 Å². The summed E-state index contributed by atoms with van der Waals surface area (Å²) in [6.07, 6.45) is -0.149. The van der Waals surface area contributed by atoms with E-state index in [1.165, 1.54) is 11.3 Å². The van der Waals surface area contributed by atoms with E-state index in [1.807, 2.05) is 0 Å². The second kappa shape index (κ2) is 5.56. The summed E-state index contributed by atoms with van der Waals surface area (Å²) < 4.78 is 0. The van der Waals surface area contributed by atoms with Gasteiger partial charge in [-0.1, -0.05) is 5.11 Å². The normalized spacial score (nSPS) is 14.4. The zero-order valence-electron chi connectivity index (χ0n) is 7.32. The van der Waals surface area contributed by atoms with Crippen molar-refractivity contribution in [2.75, 3.05) is 6.54 Å². The molecule has 0 aromatic carbocycles. The fourth-order valence-corrected chi connectivity index (χ4v) is 1.62. The van der Waals surface area contributed by atoms with Crippen molar-refractivity contribution in [1.29, 1.82) is 0 Å². The van der Waals surface area contributed by atoms with Crippen LogP contribution < -0.4 is 0 Å². The highest BCUT2D eigenvalue weighted by Crippen LogP contribution is 2.20. The van der Waals surface area contributed by atoms with Crippen molar-refractivity contribution in [3.05, 3.63) is 27.0 Å². The number of aliphatic hydroxyl groups is 2. The van der Waals surface area contributed by atoms with Crippen molar-refractivity contribution in [2.24, 2.45) is 5.11 Å². The third-order valence-electron chi connectivity index (χ3n) is 1.66. The largest absolute Gasteiger partial charge is 0.390 e. The van der Waals surface area contributed by atoms with E-state index in [-0.39, 0.29) is 13.0 Å². The Morgan fingerprint density at radius 3 is 3.00 bits per heavy atom. The molecule has 0 saturated heterocycles. The molecule has 7 heteroatoms. The molecule has 6 nitrogen and oxygen atoms in total. The number of hydrogen-bond acceptors (Lipinski definition) is 5. The fourth-order valence-electron chi connectivity index (χ4n) is 0.938. The summed E-state index contributed by atoms with van der Waals surface area (Å²) in [5.74, 6) is 0. The Morgan fingerprint density at radius 1 is 1.64 bits per heavy atom. The van der Waals surface area contributed by atoms with Crippen LogP contribution in [0, 0.1) is 0 Å². The number of hydrogen-bond donors (Lipinski definition) is 2. The first-order valence-electron chi connectivity index (χ1n) is 4.02. The quantitative estimate of drug-likeness (QED) is 0.437. The molecule has 14 heavy (non-hydrogen) atoms. The minimum atomic E-state index is -0.996. The van der Waals surface area contributed by atoms with Gasteiger partial charge in [0.15, 0.2) is 0 Å². The first kappa shape index (κ1) is 10.9. The predicted octanol–water partition coefficient (Wildman–Crippen LogP) is 1.24. The van der Waals surface area contributed by atoms with Gasteiger partial charge < -0.3 is 10.2 Å². The number of nitrogens with zero attached hydrogens (tertiary/aromatic N) is 4. The molecule has 0 amide bonds. The molecule has 1 aromatic rings. The molecule has 0 aliphatic rings. The summed E-state index contributed by atoms with van der Waals surface area (Å²) in [7, 11) is 0. The van der Waals surface area contributed by atoms with E-state index in [0.29, 0.717) is 5.01 Å². The maximum absolute atomic E-state index is 9.54. The average molecular weight is 214 g/mol.